The first-order valence-corrected chi connectivity index (χ1v) is 8.26. The normalized spacial score (nSPS) is 14.7. The van der Waals surface area contributed by atoms with E-state index in [-0.39, 0.29) is 5.57 Å². The number of hydrogen-bond donors (Lipinski definition) is 2. The van der Waals surface area contributed by atoms with Crippen LogP contribution in [-0.2, 0) is 16.1 Å². The molecule has 8 heteroatoms. The number of rotatable bonds is 5. The van der Waals surface area contributed by atoms with Crippen molar-refractivity contribution in [1.82, 2.24) is 30.2 Å². The standard InChI is InChI=1S/C18H18N6O2/c1-23(2)7-8-24-10-14(21-22-24)16-15(17(25)20-18(16)26)12-9-19-13-6-4-3-5-11(12)13/h3-6,9-10,19H,7-8H2,1-2H3,(H,20,25,26). The van der Waals surface area contributed by atoms with Crippen LogP contribution in [0.25, 0.3) is 22.0 Å². The molecule has 0 atom stereocenters. The lowest BCUT2D eigenvalue weighted by atomic mass is 9.99. The molecule has 0 radical (unpaired) electrons. The Balaban J connectivity index is 1.81. The number of carbonyl (C=O) groups is 2. The molecule has 0 fully saturated rings. The van der Waals surface area contributed by atoms with Crippen LogP contribution in [0.2, 0.25) is 0 Å². The van der Waals surface area contributed by atoms with Gasteiger partial charge in [0.25, 0.3) is 11.8 Å². The molecular formula is C18H18N6O2. The summed E-state index contributed by atoms with van der Waals surface area (Å²) in [5.74, 6) is -0.868. The molecule has 132 valence electrons. The Morgan fingerprint density at radius 3 is 2.69 bits per heavy atom. The van der Waals surface area contributed by atoms with Gasteiger partial charge < -0.3 is 9.88 Å². The van der Waals surface area contributed by atoms with Crippen LogP contribution in [-0.4, -0.2) is 57.3 Å². The monoisotopic (exact) mass is 350 g/mol. The van der Waals surface area contributed by atoms with Gasteiger partial charge in [0.1, 0.15) is 5.69 Å². The van der Waals surface area contributed by atoms with E-state index in [0.29, 0.717) is 23.4 Å². The smallest absolute Gasteiger partial charge is 0.261 e. The van der Waals surface area contributed by atoms with E-state index in [0.717, 1.165) is 17.4 Å². The number of carbonyl (C=O) groups excluding carboxylic acids is 2. The molecule has 2 N–H and O–H groups in total. The Bertz CT molecular complexity index is 1040. The Morgan fingerprint density at radius 1 is 1.12 bits per heavy atom. The maximum absolute atomic E-state index is 12.5. The van der Waals surface area contributed by atoms with Crippen LogP contribution in [0.1, 0.15) is 11.3 Å². The van der Waals surface area contributed by atoms with Crippen LogP contribution in [0.15, 0.2) is 36.7 Å². The van der Waals surface area contributed by atoms with Gasteiger partial charge in [-0.05, 0) is 20.2 Å². The number of aromatic amines is 1. The third-order valence-corrected chi connectivity index (χ3v) is 4.36. The van der Waals surface area contributed by atoms with E-state index < -0.39 is 11.8 Å². The number of H-pyrrole nitrogens is 1. The Morgan fingerprint density at radius 2 is 1.88 bits per heavy atom. The Hall–Kier alpha value is -3.26. The summed E-state index contributed by atoms with van der Waals surface area (Å²) >= 11 is 0. The lowest BCUT2D eigenvalue weighted by molar-refractivity contribution is -0.122. The third-order valence-electron chi connectivity index (χ3n) is 4.36. The number of benzene rings is 1. The summed E-state index contributed by atoms with van der Waals surface area (Å²) in [5, 5.41) is 11.4. The van der Waals surface area contributed by atoms with Crippen molar-refractivity contribution in [2.75, 3.05) is 20.6 Å². The lowest BCUT2D eigenvalue weighted by Gasteiger charge is -2.07. The van der Waals surface area contributed by atoms with Gasteiger partial charge in [0.2, 0.25) is 0 Å². The molecule has 2 amide bonds. The molecule has 1 aliphatic rings. The van der Waals surface area contributed by atoms with E-state index in [1.165, 1.54) is 0 Å². The average Bonchev–Trinajstić information content (AvgIpc) is 3.30. The molecular weight excluding hydrogens is 332 g/mol. The van der Waals surface area contributed by atoms with Gasteiger partial charge in [-0.1, -0.05) is 23.4 Å². The van der Waals surface area contributed by atoms with Gasteiger partial charge in [-0.15, -0.1) is 5.10 Å². The fourth-order valence-corrected chi connectivity index (χ4v) is 3.06. The number of aromatic nitrogens is 4. The molecule has 8 nitrogen and oxygen atoms in total. The summed E-state index contributed by atoms with van der Waals surface area (Å²) in [4.78, 5) is 30.1. The van der Waals surface area contributed by atoms with Crippen LogP contribution < -0.4 is 5.32 Å². The van der Waals surface area contributed by atoms with Crippen molar-refractivity contribution >= 4 is 33.9 Å². The molecule has 4 rings (SSSR count). The molecule has 0 bridgehead atoms. The number of likely N-dealkylation sites (N-methyl/N-ethyl adjacent to an activating group) is 1. The van der Waals surface area contributed by atoms with Crippen molar-refractivity contribution < 1.29 is 9.59 Å². The topological polar surface area (TPSA) is 95.9 Å². The minimum Gasteiger partial charge on any atom is -0.361 e. The van der Waals surface area contributed by atoms with Crippen molar-refractivity contribution in [3.63, 3.8) is 0 Å². The molecule has 3 aromatic rings. The van der Waals surface area contributed by atoms with Gasteiger partial charge in [-0.25, -0.2) is 0 Å². The second-order valence-electron chi connectivity index (χ2n) is 6.45. The molecule has 3 heterocycles. The van der Waals surface area contributed by atoms with Crippen LogP contribution in [0.4, 0.5) is 0 Å². The van der Waals surface area contributed by atoms with Crippen LogP contribution in [0.5, 0.6) is 0 Å². The molecule has 0 saturated carbocycles. The average molecular weight is 350 g/mol. The molecule has 0 unspecified atom stereocenters. The zero-order valence-electron chi connectivity index (χ0n) is 14.5. The number of amides is 2. The lowest BCUT2D eigenvalue weighted by Crippen LogP contribution is -2.22. The van der Waals surface area contributed by atoms with Crippen molar-refractivity contribution in [3.05, 3.63) is 47.9 Å². The SMILES string of the molecule is CN(C)CCn1cc(C2=C(c3c[nH]c4ccccc34)C(=O)NC2=O)nn1. The quantitative estimate of drug-likeness (QED) is 0.666. The van der Waals surface area contributed by atoms with Gasteiger partial charge in [-0.2, -0.15) is 0 Å². The molecule has 0 saturated heterocycles. The highest BCUT2D eigenvalue weighted by molar-refractivity contribution is 6.49. The fourth-order valence-electron chi connectivity index (χ4n) is 3.06. The van der Waals surface area contributed by atoms with Crippen molar-refractivity contribution in [3.8, 4) is 0 Å². The summed E-state index contributed by atoms with van der Waals surface area (Å²) in [6.07, 6.45) is 3.44. The number of hydrogen-bond acceptors (Lipinski definition) is 5. The molecule has 26 heavy (non-hydrogen) atoms. The first-order chi connectivity index (χ1) is 12.5. The van der Waals surface area contributed by atoms with E-state index in [1.54, 1.807) is 17.1 Å². The summed E-state index contributed by atoms with van der Waals surface area (Å²) in [7, 11) is 3.94. The number of nitrogens with one attached hydrogen (secondary N) is 2. The highest BCUT2D eigenvalue weighted by Gasteiger charge is 2.34. The van der Waals surface area contributed by atoms with E-state index >= 15 is 0 Å². The van der Waals surface area contributed by atoms with Crippen molar-refractivity contribution in [2.24, 2.45) is 0 Å². The van der Waals surface area contributed by atoms with Crippen LogP contribution >= 0.6 is 0 Å². The zero-order valence-corrected chi connectivity index (χ0v) is 14.5. The summed E-state index contributed by atoms with van der Waals surface area (Å²) in [5.41, 5.74) is 2.56. The number of nitrogens with zero attached hydrogens (tertiary/aromatic N) is 4. The van der Waals surface area contributed by atoms with Gasteiger partial charge >= 0.3 is 0 Å². The van der Waals surface area contributed by atoms with Gasteiger partial charge in [-0.3, -0.25) is 19.6 Å². The van der Waals surface area contributed by atoms with Crippen LogP contribution in [0.3, 0.4) is 0 Å². The third kappa shape index (κ3) is 2.70. The minimum absolute atomic E-state index is 0.260. The second kappa shape index (κ2) is 6.23. The maximum atomic E-state index is 12.5. The Kier molecular flexibility index (Phi) is 3.89. The number of para-hydroxylation sites is 1. The predicted molar refractivity (Wildman–Crippen MR) is 96.8 cm³/mol. The van der Waals surface area contributed by atoms with E-state index in [9.17, 15) is 9.59 Å². The highest BCUT2D eigenvalue weighted by atomic mass is 16.2. The summed E-state index contributed by atoms with van der Waals surface area (Å²) < 4.78 is 1.67. The maximum Gasteiger partial charge on any atom is 0.261 e. The zero-order chi connectivity index (χ0) is 18.3. The predicted octanol–water partition coefficient (Wildman–Crippen LogP) is 0.888. The highest BCUT2D eigenvalue weighted by Crippen LogP contribution is 2.34. The van der Waals surface area contributed by atoms with E-state index in [2.05, 4.69) is 20.6 Å². The largest absolute Gasteiger partial charge is 0.361 e. The second-order valence-corrected chi connectivity index (χ2v) is 6.45. The number of imide groups is 1. The van der Waals surface area contributed by atoms with Gasteiger partial charge in [0.05, 0.1) is 23.9 Å². The van der Waals surface area contributed by atoms with Crippen molar-refractivity contribution in [1.29, 1.82) is 0 Å². The van der Waals surface area contributed by atoms with E-state index in [4.69, 9.17) is 0 Å². The minimum atomic E-state index is -0.449. The van der Waals surface area contributed by atoms with Crippen molar-refractivity contribution in [2.45, 2.75) is 6.54 Å². The van der Waals surface area contributed by atoms with E-state index in [1.807, 2.05) is 43.3 Å². The van der Waals surface area contributed by atoms with Gasteiger partial charge in [0, 0.05) is 29.2 Å². The molecule has 2 aromatic heterocycles. The summed E-state index contributed by atoms with van der Waals surface area (Å²) in [6, 6.07) is 7.64. The first-order valence-electron chi connectivity index (χ1n) is 8.26. The molecule has 1 aliphatic heterocycles. The fraction of sp³-hybridized carbons (Fsp3) is 0.222. The van der Waals surface area contributed by atoms with Gasteiger partial charge in [0.15, 0.2) is 0 Å². The Labute approximate surface area is 149 Å². The summed E-state index contributed by atoms with van der Waals surface area (Å²) in [6.45, 7) is 1.44. The molecule has 0 aliphatic carbocycles. The molecule has 0 spiro atoms. The van der Waals surface area contributed by atoms with Crippen LogP contribution in [0, 0.1) is 0 Å². The first kappa shape index (κ1) is 16.2. The number of fused-ring (bicyclic) bond motifs is 1. The molecule has 1 aromatic carbocycles.